The van der Waals surface area contributed by atoms with Crippen molar-refractivity contribution in [1.82, 2.24) is 0 Å². The highest BCUT2D eigenvalue weighted by Crippen LogP contribution is 2.19. The summed E-state index contributed by atoms with van der Waals surface area (Å²) in [5.74, 6) is 0. The van der Waals surface area contributed by atoms with Gasteiger partial charge in [0.2, 0.25) is 0 Å². The van der Waals surface area contributed by atoms with Crippen LogP contribution in [0.4, 0.5) is 5.69 Å². The zero-order valence-electron chi connectivity index (χ0n) is 11.0. The summed E-state index contributed by atoms with van der Waals surface area (Å²) in [6.45, 7) is 3.28. The molecule has 0 saturated carbocycles. The maximum Gasteiger partial charge on any atom is 0.0376 e. The van der Waals surface area contributed by atoms with E-state index in [1.165, 1.54) is 29.7 Å². The Bertz CT molecular complexity index is 462. The first-order valence-electron chi connectivity index (χ1n) is 6.76. The zero-order chi connectivity index (χ0) is 12.6. The fraction of sp³-hybridized carbons (Fsp3) is 0.294. The Kier molecular flexibility index (Phi) is 4.83. The summed E-state index contributed by atoms with van der Waals surface area (Å²) < 4.78 is 0. The highest BCUT2D eigenvalue weighted by Gasteiger charge is 2.01. The monoisotopic (exact) mass is 239 g/mol. The lowest BCUT2D eigenvalue weighted by molar-refractivity contribution is 0.833. The first-order valence-corrected chi connectivity index (χ1v) is 6.76. The number of hydrogen-bond acceptors (Lipinski definition) is 1. The first-order chi connectivity index (χ1) is 8.90. The largest absolute Gasteiger partial charge is 0.385 e. The molecule has 2 rings (SSSR count). The molecule has 0 spiro atoms. The SMILES string of the molecule is CCCCNc1ccccc1Cc1ccccc1. The van der Waals surface area contributed by atoms with Crippen LogP contribution in [0.1, 0.15) is 30.9 Å². The number of para-hydroxylation sites is 1. The molecule has 94 valence electrons. The summed E-state index contributed by atoms with van der Waals surface area (Å²) in [4.78, 5) is 0. The summed E-state index contributed by atoms with van der Waals surface area (Å²) in [6.07, 6.45) is 3.45. The second-order valence-corrected chi connectivity index (χ2v) is 4.60. The second kappa shape index (κ2) is 6.85. The molecule has 0 aliphatic heterocycles. The van der Waals surface area contributed by atoms with E-state index in [1.807, 2.05) is 0 Å². The lowest BCUT2D eigenvalue weighted by Crippen LogP contribution is -2.04. The van der Waals surface area contributed by atoms with Gasteiger partial charge in [0.05, 0.1) is 0 Å². The molecular formula is C17H21N. The number of nitrogens with one attached hydrogen (secondary N) is 1. The molecular weight excluding hydrogens is 218 g/mol. The lowest BCUT2D eigenvalue weighted by atomic mass is 10.0. The number of unbranched alkanes of at least 4 members (excludes halogenated alkanes) is 1. The Morgan fingerprint density at radius 3 is 2.39 bits per heavy atom. The van der Waals surface area contributed by atoms with E-state index in [1.54, 1.807) is 0 Å². The minimum atomic E-state index is 0.996. The van der Waals surface area contributed by atoms with Crippen molar-refractivity contribution in [2.45, 2.75) is 26.2 Å². The molecule has 0 aliphatic carbocycles. The quantitative estimate of drug-likeness (QED) is 0.732. The van der Waals surface area contributed by atoms with E-state index in [4.69, 9.17) is 0 Å². The van der Waals surface area contributed by atoms with Crippen LogP contribution >= 0.6 is 0 Å². The Balaban J connectivity index is 2.07. The van der Waals surface area contributed by atoms with Crippen LogP contribution in [0.15, 0.2) is 54.6 Å². The molecule has 1 N–H and O–H groups in total. The molecule has 0 bridgehead atoms. The molecule has 1 heteroatoms. The van der Waals surface area contributed by atoms with Crippen LogP contribution < -0.4 is 5.32 Å². The van der Waals surface area contributed by atoms with Crippen LogP contribution in [0, 0.1) is 0 Å². The molecule has 0 aromatic heterocycles. The van der Waals surface area contributed by atoms with E-state index < -0.39 is 0 Å². The van der Waals surface area contributed by atoms with Gasteiger partial charge in [0.15, 0.2) is 0 Å². The van der Waals surface area contributed by atoms with E-state index in [0.29, 0.717) is 0 Å². The summed E-state index contributed by atoms with van der Waals surface area (Å²) in [6, 6.07) is 19.2. The molecule has 0 unspecified atom stereocenters. The fourth-order valence-corrected chi connectivity index (χ4v) is 2.06. The Labute approximate surface area is 110 Å². The van der Waals surface area contributed by atoms with Crippen molar-refractivity contribution in [2.24, 2.45) is 0 Å². The number of rotatable bonds is 6. The second-order valence-electron chi connectivity index (χ2n) is 4.60. The Morgan fingerprint density at radius 1 is 0.889 bits per heavy atom. The van der Waals surface area contributed by atoms with Crippen LogP contribution in [0.3, 0.4) is 0 Å². The molecule has 0 heterocycles. The van der Waals surface area contributed by atoms with E-state index in [-0.39, 0.29) is 0 Å². The molecule has 0 aliphatic rings. The molecule has 0 radical (unpaired) electrons. The van der Waals surface area contributed by atoms with Gasteiger partial charge in [0, 0.05) is 12.2 Å². The number of anilines is 1. The minimum absolute atomic E-state index is 0.996. The topological polar surface area (TPSA) is 12.0 Å². The van der Waals surface area contributed by atoms with E-state index in [0.717, 1.165) is 13.0 Å². The summed E-state index contributed by atoms with van der Waals surface area (Å²) in [7, 11) is 0. The highest BCUT2D eigenvalue weighted by atomic mass is 14.9. The third kappa shape index (κ3) is 3.63. The van der Waals surface area contributed by atoms with E-state index in [9.17, 15) is 0 Å². The van der Waals surface area contributed by atoms with Gasteiger partial charge in [-0.1, -0.05) is 61.9 Å². The van der Waals surface area contributed by atoms with Gasteiger partial charge in [0.25, 0.3) is 0 Å². The molecule has 0 amide bonds. The predicted molar refractivity (Wildman–Crippen MR) is 79.1 cm³/mol. The van der Waals surface area contributed by atoms with Crippen LogP contribution in [-0.4, -0.2) is 6.54 Å². The van der Waals surface area contributed by atoms with Crippen molar-refractivity contribution in [3.8, 4) is 0 Å². The number of benzene rings is 2. The third-order valence-corrected chi connectivity index (χ3v) is 3.10. The standard InChI is InChI=1S/C17H21N/c1-2-3-13-18-17-12-8-7-11-16(17)14-15-9-5-4-6-10-15/h4-12,18H,2-3,13-14H2,1H3. The first kappa shape index (κ1) is 12.7. The molecule has 2 aromatic rings. The van der Waals surface area contributed by atoms with Crippen LogP contribution in [-0.2, 0) is 6.42 Å². The van der Waals surface area contributed by atoms with Crippen LogP contribution in [0.5, 0.6) is 0 Å². The summed E-state index contributed by atoms with van der Waals surface area (Å²) in [5, 5.41) is 3.53. The summed E-state index contributed by atoms with van der Waals surface area (Å²) >= 11 is 0. The molecule has 2 aromatic carbocycles. The van der Waals surface area contributed by atoms with Gasteiger partial charge < -0.3 is 5.32 Å². The Hall–Kier alpha value is -1.76. The van der Waals surface area contributed by atoms with Crippen molar-refractivity contribution < 1.29 is 0 Å². The van der Waals surface area contributed by atoms with Crippen molar-refractivity contribution >= 4 is 5.69 Å². The van der Waals surface area contributed by atoms with E-state index in [2.05, 4.69) is 66.8 Å². The molecule has 18 heavy (non-hydrogen) atoms. The van der Waals surface area contributed by atoms with E-state index >= 15 is 0 Å². The molecule has 0 atom stereocenters. The van der Waals surface area contributed by atoms with Crippen molar-refractivity contribution in [3.05, 3.63) is 65.7 Å². The van der Waals surface area contributed by atoms with Crippen molar-refractivity contribution in [3.63, 3.8) is 0 Å². The number of hydrogen-bond donors (Lipinski definition) is 1. The molecule has 0 saturated heterocycles. The minimum Gasteiger partial charge on any atom is -0.385 e. The lowest BCUT2D eigenvalue weighted by Gasteiger charge is -2.11. The van der Waals surface area contributed by atoms with Gasteiger partial charge >= 0.3 is 0 Å². The van der Waals surface area contributed by atoms with Crippen molar-refractivity contribution in [2.75, 3.05) is 11.9 Å². The van der Waals surface area contributed by atoms with Gasteiger partial charge in [-0.15, -0.1) is 0 Å². The van der Waals surface area contributed by atoms with Crippen LogP contribution in [0.25, 0.3) is 0 Å². The van der Waals surface area contributed by atoms with Gasteiger partial charge in [-0.2, -0.15) is 0 Å². The fourth-order valence-electron chi connectivity index (χ4n) is 2.06. The van der Waals surface area contributed by atoms with Crippen LogP contribution in [0.2, 0.25) is 0 Å². The molecule has 1 nitrogen and oxygen atoms in total. The maximum atomic E-state index is 3.53. The normalized spacial score (nSPS) is 10.3. The zero-order valence-corrected chi connectivity index (χ0v) is 11.0. The average molecular weight is 239 g/mol. The van der Waals surface area contributed by atoms with Gasteiger partial charge in [-0.05, 0) is 30.0 Å². The van der Waals surface area contributed by atoms with Gasteiger partial charge in [-0.3, -0.25) is 0 Å². The predicted octanol–water partition coefficient (Wildman–Crippen LogP) is 4.49. The third-order valence-electron chi connectivity index (χ3n) is 3.10. The van der Waals surface area contributed by atoms with Gasteiger partial charge in [-0.25, -0.2) is 0 Å². The maximum absolute atomic E-state index is 3.53. The highest BCUT2D eigenvalue weighted by molar-refractivity contribution is 5.52. The van der Waals surface area contributed by atoms with Gasteiger partial charge in [0.1, 0.15) is 0 Å². The average Bonchev–Trinajstić information content (AvgIpc) is 2.42. The van der Waals surface area contributed by atoms with Crippen molar-refractivity contribution in [1.29, 1.82) is 0 Å². The smallest absolute Gasteiger partial charge is 0.0376 e. The molecule has 0 fully saturated rings. The Morgan fingerprint density at radius 2 is 1.61 bits per heavy atom. The summed E-state index contributed by atoms with van der Waals surface area (Å²) in [5.41, 5.74) is 4.01.